The van der Waals surface area contributed by atoms with Gasteiger partial charge in [0.2, 0.25) is 0 Å². The lowest BCUT2D eigenvalue weighted by Gasteiger charge is -2.11. The molecule has 0 saturated carbocycles. The number of ether oxygens (including phenoxy) is 1. The molecular weight excluding hydrogens is 352 g/mol. The van der Waals surface area contributed by atoms with E-state index in [2.05, 4.69) is 21.2 Å². The molecule has 0 bridgehead atoms. The second-order valence-electron chi connectivity index (χ2n) is 4.51. The summed E-state index contributed by atoms with van der Waals surface area (Å²) in [6, 6.07) is 9.73. The molecule has 2 rings (SSSR count). The van der Waals surface area contributed by atoms with Gasteiger partial charge in [0.1, 0.15) is 0 Å². The molecule has 0 amide bonds. The molecule has 116 valence electrons. The smallest absolute Gasteiger partial charge is 0.269 e. The zero-order valence-electron chi connectivity index (χ0n) is 11.9. The van der Waals surface area contributed by atoms with E-state index in [1.807, 2.05) is 6.92 Å². The molecule has 6 nitrogen and oxygen atoms in total. The van der Waals surface area contributed by atoms with Gasteiger partial charge in [0, 0.05) is 24.4 Å². The van der Waals surface area contributed by atoms with E-state index in [-0.39, 0.29) is 11.4 Å². The molecule has 0 saturated heterocycles. The summed E-state index contributed by atoms with van der Waals surface area (Å²) in [6.07, 6.45) is 0. The third-order valence-electron chi connectivity index (χ3n) is 2.96. The second-order valence-corrected chi connectivity index (χ2v) is 5.37. The highest BCUT2D eigenvalue weighted by atomic mass is 79.9. The van der Waals surface area contributed by atoms with E-state index in [0.29, 0.717) is 23.4 Å². The Kier molecular flexibility index (Phi) is 5.21. The van der Waals surface area contributed by atoms with Crippen LogP contribution in [0.4, 0.5) is 11.4 Å². The Hall–Kier alpha value is -2.28. The number of non-ortho nitro benzene ring substituents is 1. The molecule has 2 N–H and O–H groups in total. The summed E-state index contributed by atoms with van der Waals surface area (Å²) in [5.41, 5.74) is 1.73. The van der Waals surface area contributed by atoms with Gasteiger partial charge < -0.3 is 15.2 Å². The zero-order chi connectivity index (χ0) is 16.1. The summed E-state index contributed by atoms with van der Waals surface area (Å²) in [7, 11) is 0. The predicted molar refractivity (Wildman–Crippen MR) is 87.4 cm³/mol. The number of rotatable bonds is 6. The number of nitrogens with one attached hydrogen (secondary N) is 1. The summed E-state index contributed by atoms with van der Waals surface area (Å²) in [4.78, 5) is 10.2. The number of phenols is 1. The molecule has 0 atom stereocenters. The lowest BCUT2D eigenvalue weighted by atomic mass is 10.2. The molecule has 2 aromatic carbocycles. The number of nitrogens with zero attached hydrogens (tertiary/aromatic N) is 1. The number of halogens is 1. The number of hydrogen-bond donors (Lipinski definition) is 2. The van der Waals surface area contributed by atoms with E-state index < -0.39 is 4.92 Å². The third kappa shape index (κ3) is 3.88. The minimum absolute atomic E-state index is 0.0524. The Balaban J connectivity index is 2.09. The van der Waals surface area contributed by atoms with Crippen LogP contribution in [0.15, 0.2) is 40.9 Å². The average Bonchev–Trinajstić information content (AvgIpc) is 2.50. The largest absolute Gasteiger partial charge is 0.503 e. The van der Waals surface area contributed by atoms with Gasteiger partial charge in [0.15, 0.2) is 11.5 Å². The first-order valence-corrected chi connectivity index (χ1v) is 7.43. The maximum absolute atomic E-state index is 10.6. The molecule has 0 spiro atoms. The number of anilines is 1. The molecular formula is C15H15BrN2O4. The van der Waals surface area contributed by atoms with Crippen LogP contribution in [0.5, 0.6) is 11.5 Å². The van der Waals surface area contributed by atoms with Gasteiger partial charge in [0.25, 0.3) is 5.69 Å². The van der Waals surface area contributed by atoms with E-state index in [4.69, 9.17) is 4.74 Å². The van der Waals surface area contributed by atoms with Gasteiger partial charge in [-0.25, -0.2) is 0 Å². The summed E-state index contributed by atoms with van der Waals surface area (Å²) in [5, 5.41) is 23.6. The number of benzene rings is 2. The van der Waals surface area contributed by atoms with Crippen molar-refractivity contribution in [3.63, 3.8) is 0 Å². The van der Waals surface area contributed by atoms with E-state index in [1.165, 1.54) is 12.1 Å². The molecule has 0 unspecified atom stereocenters. The van der Waals surface area contributed by atoms with Crippen molar-refractivity contribution in [2.75, 3.05) is 11.9 Å². The van der Waals surface area contributed by atoms with Crippen LogP contribution in [0.25, 0.3) is 0 Å². The van der Waals surface area contributed by atoms with E-state index in [9.17, 15) is 15.2 Å². The van der Waals surface area contributed by atoms with Gasteiger partial charge in [-0.15, -0.1) is 0 Å². The maximum Gasteiger partial charge on any atom is 0.269 e. The molecule has 0 heterocycles. The van der Waals surface area contributed by atoms with Gasteiger partial charge in [0.05, 0.1) is 16.0 Å². The van der Waals surface area contributed by atoms with Crippen LogP contribution < -0.4 is 10.1 Å². The van der Waals surface area contributed by atoms with Crippen molar-refractivity contribution in [1.82, 2.24) is 0 Å². The fraction of sp³-hybridized carbons (Fsp3) is 0.200. The van der Waals surface area contributed by atoms with Gasteiger partial charge in [-0.2, -0.15) is 0 Å². The summed E-state index contributed by atoms with van der Waals surface area (Å²) >= 11 is 3.29. The van der Waals surface area contributed by atoms with Crippen LogP contribution in [-0.4, -0.2) is 16.6 Å². The van der Waals surface area contributed by atoms with Crippen molar-refractivity contribution in [2.24, 2.45) is 0 Å². The Morgan fingerprint density at radius 1 is 1.32 bits per heavy atom. The number of aromatic hydroxyl groups is 1. The summed E-state index contributed by atoms with van der Waals surface area (Å²) < 4.78 is 5.92. The topological polar surface area (TPSA) is 84.6 Å². The molecule has 7 heteroatoms. The first kappa shape index (κ1) is 16.1. The molecule has 22 heavy (non-hydrogen) atoms. The number of hydrogen-bond acceptors (Lipinski definition) is 5. The average molecular weight is 367 g/mol. The van der Waals surface area contributed by atoms with Crippen molar-refractivity contribution >= 4 is 27.3 Å². The van der Waals surface area contributed by atoms with Gasteiger partial charge in [-0.3, -0.25) is 10.1 Å². The number of nitro groups is 1. The van der Waals surface area contributed by atoms with Crippen molar-refractivity contribution in [2.45, 2.75) is 13.5 Å². The van der Waals surface area contributed by atoms with E-state index >= 15 is 0 Å². The van der Waals surface area contributed by atoms with Crippen molar-refractivity contribution < 1.29 is 14.8 Å². The molecule has 0 aromatic heterocycles. The van der Waals surface area contributed by atoms with Crippen molar-refractivity contribution in [3.05, 3.63) is 56.5 Å². The fourth-order valence-corrected chi connectivity index (χ4v) is 2.39. The molecule has 0 aliphatic heterocycles. The number of nitro benzene ring substituents is 1. The first-order chi connectivity index (χ1) is 10.5. The quantitative estimate of drug-likeness (QED) is 0.594. The minimum atomic E-state index is -0.435. The minimum Gasteiger partial charge on any atom is -0.503 e. The first-order valence-electron chi connectivity index (χ1n) is 6.63. The fourth-order valence-electron chi connectivity index (χ4n) is 1.90. The van der Waals surface area contributed by atoms with Crippen LogP contribution in [0.1, 0.15) is 12.5 Å². The Morgan fingerprint density at radius 2 is 2.00 bits per heavy atom. The number of phenolic OH excluding ortho intramolecular Hbond substituents is 1. The monoisotopic (exact) mass is 366 g/mol. The highest BCUT2D eigenvalue weighted by molar-refractivity contribution is 9.10. The summed E-state index contributed by atoms with van der Waals surface area (Å²) in [5.74, 6) is 0.485. The normalized spacial score (nSPS) is 10.3. The molecule has 0 radical (unpaired) electrons. The molecule has 0 aliphatic rings. The highest BCUT2D eigenvalue weighted by Gasteiger charge is 2.09. The van der Waals surface area contributed by atoms with E-state index in [1.54, 1.807) is 24.3 Å². The van der Waals surface area contributed by atoms with Gasteiger partial charge >= 0.3 is 0 Å². The Morgan fingerprint density at radius 3 is 2.59 bits per heavy atom. The van der Waals surface area contributed by atoms with Gasteiger partial charge in [-0.05, 0) is 52.7 Å². The van der Waals surface area contributed by atoms with Crippen LogP contribution >= 0.6 is 15.9 Å². The molecule has 2 aromatic rings. The maximum atomic E-state index is 10.6. The third-order valence-corrected chi connectivity index (χ3v) is 3.57. The van der Waals surface area contributed by atoms with Crippen LogP contribution in [0.3, 0.4) is 0 Å². The lowest BCUT2D eigenvalue weighted by molar-refractivity contribution is -0.384. The molecule has 0 aliphatic carbocycles. The SMILES string of the molecule is CCOc1cc(CNc2ccc([N+](=O)[O-])cc2)cc(Br)c1O. The lowest BCUT2D eigenvalue weighted by Crippen LogP contribution is -2.01. The zero-order valence-corrected chi connectivity index (χ0v) is 13.5. The van der Waals surface area contributed by atoms with Gasteiger partial charge in [-0.1, -0.05) is 0 Å². The van der Waals surface area contributed by atoms with Crippen LogP contribution in [0.2, 0.25) is 0 Å². The molecule has 0 fully saturated rings. The van der Waals surface area contributed by atoms with Crippen molar-refractivity contribution in [1.29, 1.82) is 0 Å². The van der Waals surface area contributed by atoms with Crippen LogP contribution in [-0.2, 0) is 6.54 Å². The summed E-state index contributed by atoms with van der Waals surface area (Å²) in [6.45, 7) is 2.80. The van der Waals surface area contributed by atoms with Crippen molar-refractivity contribution in [3.8, 4) is 11.5 Å². The van der Waals surface area contributed by atoms with E-state index in [0.717, 1.165) is 11.3 Å². The highest BCUT2D eigenvalue weighted by Crippen LogP contribution is 2.35. The predicted octanol–water partition coefficient (Wildman–Crippen LogP) is 4.07. The standard InChI is InChI=1S/C15H15BrN2O4/c1-2-22-14-8-10(7-13(16)15(14)19)9-17-11-3-5-12(6-4-11)18(20)21/h3-8,17,19H,2,9H2,1H3. The second kappa shape index (κ2) is 7.13. The van der Waals surface area contributed by atoms with Crippen LogP contribution in [0, 0.1) is 10.1 Å². The Labute approximate surface area is 136 Å². The Bertz CT molecular complexity index is 674.